The van der Waals surface area contributed by atoms with Crippen molar-refractivity contribution in [3.63, 3.8) is 0 Å². The fourth-order valence-electron chi connectivity index (χ4n) is 1.43. The lowest BCUT2D eigenvalue weighted by Gasteiger charge is -2.17. The molecule has 5 heteroatoms. The van der Waals surface area contributed by atoms with Gasteiger partial charge in [-0.2, -0.15) is 37.9 Å². The van der Waals surface area contributed by atoms with E-state index in [0.29, 0.717) is 5.25 Å². The van der Waals surface area contributed by atoms with Crippen molar-refractivity contribution in [3.8, 4) is 0 Å². The molecule has 16 heavy (non-hydrogen) atoms. The summed E-state index contributed by atoms with van der Waals surface area (Å²) in [4.78, 5) is 0. The van der Waals surface area contributed by atoms with Crippen LogP contribution in [0.1, 0.15) is 39.0 Å². The molecule has 4 unspecified atom stereocenters. The second-order valence-electron chi connectivity index (χ2n) is 4.28. The molecule has 0 aliphatic heterocycles. The molecule has 2 N–H and O–H groups in total. The molecular weight excluding hydrogens is 260 g/mol. The fourth-order valence-corrected chi connectivity index (χ4v) is 2.14. The number of aliphatic hydroxyl groups is 2. The summed E-state index contributed by atoms with van der Waals surface area (Å²) >= 11 is 13.2. The quantitative estimate of drug-likeness (QED) is 0.421. The molecule has 0 radical (unpaired) electrons. The summed E-state index contributed by atoms with van der Waals surface area (Å²) in [7, 11) is 0. The lowest BCUT2D eigenvalue weighted by molar-refractivity contribution is 0.187. The zero-order valence-corrected chi connectivity index (χ0v) is 12.5. The molecule has 0 spiro atoms. The highest BCUT2D eigenvalue weighted by molar-refractivity contribution is 7.81. The fraction of sp³-hybridized carbons (Fsp3) is 1.00. The average molecular weight is 285 g/mol. The van der Waals surface area contributed by atoms with Crippen molar-refractivity contribution < 1.29 is 10.2 Å². The van der Waals surface area contributed by atoms with E-state index in [1.165, 1.54) is 0 Å². The molecule has 98 valence electrons. The van der Waals surface area contributed by atoms with Crippen LogP contribution < -0.4 is 0 Å². The summed E-state index contributed by atoms with van der Waals surface area (Å²) < 4.78 is 0. The van der Waals surface area contributed by atoms with Crippen LogP contribution in [-0.2, 0) is 0 Å². The largest absolute Gasteiger partial charge is 0.396 e. The predicted molar refractivity (Wildman–Crippen MR) is 80.2 cm³/mol. The van der Waals surface area contributed by atoms with Crippen molar-refractivity contribution in [2.75, 3.05) is 6.61 Å². The van der Waals surface area contributed by atoms with Gasteiger partial charge < -0.3 is 10.2 Å². The molecule has 0 saturated carbocycles. The maximum Gasteiger partial charge on any atom is 0.0628 e. The predicted octanol–water partition coefficient (Wildman–Crippen LogP) is 2.21. The number of aliphatic hydroxyl groups excluding tert-OH is 2. The molecule has 0 heterocycles. The van der Waals surface area contributed by atoms with Crippen molar-refractivity contribution in [2.45, 2.75) is 60.9 Å². The van der Waals surface area contributed by atoms with E-state index in [9.17, 15) is 5.11 Å². The maximum atomic E-state index is 9.28. The van der Waals surface area contributed by atoms with E-state index in [-0.39, 0.29) is 23.2 Å². The standard InChI is InChI=1S/C11H24O2S3/c1-8(13)11(16)5-4-9(14)2-3-10(15)6-7-12/h8-16H,2-7H2,1H3. The third-order valence-electron chi connectivity index (χ3n) is 2.65. The Labute approximate surface area is 115 Å². The van der Waals surface area contributed by atoms with Gasteiger partial charge >= 0.3 is 0 Å². The number of thiol groups is 3. The first kappa shape index (κ1) is 17.0. The normalized spacial score (nSPS) is 19.1. The van der Waals surface area contributed by atoms with Gasteiger partial charge in [0.1, 0.15) is 0 Å². The van der Waals surface area contributed by atoms with Crippen molar-refractivity contribution >= 4 is 37.9 Å². The molecule has 0 aromatic carbocycles. The van der Waals surface area contributed by atoms with Gasteiger partial charge in [0.25, 0.3) is 0 Å². The van der Waals surface area contributed by atoms with Gasteiger partial charge in [-0.15, -0.1) is 0 Å². The van der Waals surface area contributed by atoms with Crippen LogP contribution in [0.5, 0.6) is 0 Å². The van der Waals surface area contributed by atoms with Gasteiger partial charge in [0.2, 0.25) is 0 Å². The molecule has 0 rings (SSSR count). The van der Waals surface area contributed by atoms with E-state index >= 15 is 0 Å². The number of rotatable bonds is 9. The van der Waals surface area contributed by atoms with Gasteiger partial charge in [-0.05, 0) is 39.0 Å². The lowest BCUT2D eigenvalue weighted by atomic mass is 10.1. The Morgan fingerprint density at radius 1 is 0.875 bits per heavy atom. The van der Waals surface area contributed by atoms with Crippen LogP contribution in [0, 0.1) is 0 Å². The van der Waals surface area contributed by atoms with Crippen molar-refractivity contribution in [1.29, 1.82) is 0 Å². The van der Waals surface area contributed by atoms with E-state index < -0.39 is 0 Å². The van der Waals surface area contributed by atoms with Crippen molar-refractivity contribution in [1.82, 2.24) is 0 Å². The minimum absolute atomic E-state index is 0.0406. The second kappa shape index (κ2) is 9.95. The first-order valence-electron chi connectivity index (χ1n) is 5.80. The second-order valence-corrected chi connectivity index (χ2v) is 6.41. The van der Waals surface area contributed by atoms with Gasteiger partial charge in [-0.1, -0.05) is 0 Å². The maximum absolute atomic E-state index is 9.28. The van der Waals surface area contributed by atoms with Crippen LogP contribution in [0.4, 0.5) is 0 Å². The topological polar surface area (TPSA) is 40.5 Å². The third kappa shape index (κ3) is 9.05. The van der Waals surface area contributed by atoms with Crippen LogP contribution in [-0.4, -0.2) is 38.7 Å². The number of hydrogen-bond donors (Lipinski definition) is 5. The molecule has 0 aromatic heterocycles. The zero-order valence-electron chi connectivity index (χ0n) is 9.79. The molecule has 0 bridgehead atoms. The van der Waals surface area contributed by atoms with E-state index in [4.69, 9.17) is 5.11 Å². The molecule has 4 atom stereocenters. The summed E-state index contributed by atoms with van der Waals surface area (Å²) in [6.07, 6.45) is 4.19. The molecule has 0 aromatic rings. The van der Waals surface area contributed by atoms with Crippen molar-refractivity contribution in [3.05, 3.63) is 0 Å². The first-order valence-corrected chi connectivity index (χ1v) is 7.35. The Morgan fingerprint density at radius 2 is 1.31 bits per heavy atom. The van der Waals surface area contributed by atoms with E-state index in [0.717, 1.165) is 32.1 Å². The zero-order chi connectivity index (χ0) is 12.6. The Hall–Kier alpha value is 0.970. The van der Waals surface area contributed by atoms with E-state index in [1.54, 1.807) is 6.92 Å². The molecule has 0 amide bonds. The van der Waals surface area contributed by atoms with E-state index in [1.807, 2.05) is 0 Å². The molecule has 2 nitrogen and oxygen atoms in total. The summed E-state index contributed by atoms with van der Waals surface area (Å²) in [5.74, 6) is 0. The van der Waals surface area contributed by atoms with Crippen LogP contribution in [0.2, 0.25) is 0 Å². The highest BCUT2D eigenvalue weighted by Gasteiger charge is 2.13. The van der Waals surface area contributed by atoms with Crippen LogP contribution in [0.15, 0.2) is 0 Å². The molecular formula is C11H24O2S3. The van der Waals surface area contributed by atoms with Gasteiger partial charge in [0.05, 0.1) is 6.10 Å². The Bertz CT molecular complexity index is 167. The SMILES string of the molecule is CC(O)C(S)CCC(S)CCC(S)CCO. The minimum Gasteiger partial charge on any atom is -0.396 e. The third-order valence-corrected chi connectivity index (χ3v) is 4.37. The van der Waals surface area contributed by atoms with E-state index in [2.05, 4.69) is 37.9 Å². The summed E-state index contributed by atoms with van der Waals surface area (Å²) in [6, 6.07) is 0. The van der Waals surface area contributed by atoms with Crippen molar-refractivity contribution in [2.24, 2.45) is 0 Å². The highest BCUT2D eigenvalue weighted by Crippen LogP contribution is 2.20. The molecule has 0 aliphatic rings. The molecule has 0 fully saturated rings. The van der Waals surface area contributed by atoms with Crippen LogP contribution in [0.3, 0.4) is 0 Å². The lowest BCUT2D eigenvalue weighted by Crippen LogP contribution is -2.18. The Kier molecular flexibility index (Phi) is 10.5. The Morgan fingerprint density at radius 3 is 1.75 bits per heavy atom. The van der Waals surface area contributed by atoms with Gasteiger partial charge in [-0.25, -0.2) is 0 Å². The van der Waals surface area contributed by atoms with Gasteiger partial charge in [0, 0.05) is 22.4 Å². The van der Waals surface area contributed by atoms with Gasteiger partial charge in [-0.3, -0.25) is 0 Å². The van der Waals surface area contributed by atoms with Crippen LogP contribution in [0.25, 0.3) is 0 Å². The van der Waals surface area contributed by atoms with Crippen LogP contribution >= 0.6 is 37.9 Å². The monoisotopic (exact) mass is 284 g/mol. The summed E-state index contributed by atoms with van der Waals surface area (Å²) in [6.45, 7) is 1.96. The minimum atomic E-state index is -0.365. The van der Waals surface area contributed by atoms with Gasteiger partial charge in [0.15, 0.2) is 0 Å². The molecule has 0 saturated heterocycles. The summed E-state index contributed by atoms with van der Waals surface area (Å²) in [5.41, 5.74) is 0. The molecule has 0 aliphatic carbocycles. The smallest absolute Gasteiger partial charge is 0.0628 e. The highest BCUT2D eigenvalue weighted by atomic mass is 32.1. The number of hydrogen-bond acceptors (Lipinski definition) is 5. The summed E-state index contributed by atoms with van der Waals surface area (Å²) in [5, 5.41) is 18.7. The Balaban J connectivity index is 3.54. The first-order chi connectivity index (χ1) is 7.47. The average Bonchev–Trinajstić information content (AvgIpc) is 2.23.